The summed E-state index contributed by atoms with van der Waals surface area (Å²) in [6.07, 6.45) is 3.01. The molecule has 0 aromatic heterocycles. The number of hydrogen-bond donors (Lipinski definition) is 0. The van der Waals surface area contributed by atoms with Gasteiger partial charge in [0.25, 0.3) is 0 Å². The standard InChI is InChI=1S/C20H27NO5/c1-5-24-18(22)12-11-15-13-17(25-16-9-7-6-8-10-16)14-21(15)19(23)26-20(2,3)4/h6-12,15,17H,5,13-14H2,1-4H3/b12-11+/t15-,17+/m1/s1. The van der Waals surface area contributed by atoms with Crippen LogP contribution in [-0.2, 0) is 14.3 Å². The van der Waals surface area contributed by atoms with Crippen LogP contribution in [0.25, 0.3) is 0 Å². The van der Waals surface area contributed by atoms with Gasteiger partial charge in [0.1, 0.15) is 17.5 Å². The molecule has 0 bridgehead atoms. The van der Waals surface area contributed by atoms with Crippen LogP contribution in [0.15, 0.2) is 42.5 Å². The van der Waals surface area contributed by atoms with Crippen LogP contribution in [0.2, 0.25) is 0 Å². The van der Waals surface area contributed by atoms with Gasteiger partial charge in [0, 0.05) is 12.5 Å². The maximum absolute atomic E-state index is 12.5. The summed E-state index contributed by atoms with van der Waals surface area (Å²) >= 11 is 0. The Morgan fingerprint density at radius 1 is 1.23 bits per heavy atom. The molecule has 1 saturated heterocycles. The molecule has 2 atom stereocenters. The van der Waals surface area contributed by atoms with Crippen molar-refractivity contribution in [3.63, 3.8) is 0 Å². The second kappa shape index (κ2) is 8.74. The lowest BCUT2D eigenvalue weighted by atomic mass is 10.2. The molecule has 0 spiro atoms. The van der Waals surface area contributed by atoms with E-state index in [1.54, 1.807) is 17.9 Å². The molecule has 0 N–H and O–H groups in total. The van der Waals surface area contributed by atoms with Gasteiger partial charge in [0.15, 0.2) is 0 Å². The van der Waals surface area contributed by atoms with Crippen LogP contribution in [0.4, 0.5) is 4.79 Å². The minimum absolute atomic E-state index is 0.179. The lowest BCUT2D eigenvalue weighted by molar-refractivity contribution is -0.137. The zero-order valence-electron chi connectivity index (χ0n) is 15.8. The van der Waals surface area contributed by atoms with E-state index in [9.17, 15) is 9.59 Å². The summed E-state index contributed by atoms with van der Waals surface area (Å²) in [6, 6.07) is 9.17. The largest absolute Gasteiger partial charge is 0.488 e. The van der Waals surface area contributed by atoms with Gasteiger partial charge in [-0.15, -0.1) is 0 Å². The third-order valence-electron chi connectivity index (χ3n) is 3.72. The molecule has 1 heterocycles. The third-order valence-corrected chi connectivity index (χ3v) is 3.72. The van der Waals surface area contributed by atoms with Crippen LogP contribution in [0, 0.1) is 0 Å². The predicted octanol–water partition coefficient (Wildman–Crippen LogP) is 3.56. The number of likely N-dealkylation sites (tertiary alicyclic amines) is 1. The van der Waals surface area contributed by atoms with Crippen LogP contribution in [0.5, 0.6) is 5.75 Å². The monoisotopic (exact) mass is 361 g/mol. The van der Waals surface area contributed by atoms with E-state index >= 15 is 0 Å². The molecule has 2 rings (SSSR count). The summed E-state index contributed by atoms with van der Waals surface area (Å²) in [5, 5.41) is 0. The summed E-state index contributed by atoms with van der Waals surface area (Å²) < 4.78 is 16.4. The first-order valence-corrected chi connectivity index (χ1v) is 8.85. The second-order valence-electron chi connectivity index (χ2n) is 7.10. The van der Waals surface area contributed by atoms with Crippen LogP contribution in [0.1, 0.15) is 34.1 Å². The van der Waals surface area contributed by atoms with E-state index in [0.717, 1.165) is 5.75 Å². The number of benzene rings is 1. The SMILES string of the molecule is CCOC(=O)/C=C/[C@@H]1C[C@H](Oc2ccccc2)CN1C(=O)OC(C)(C)C. The molecule has 1 aromatic carbocycles. The molecule has 1 fully saturated rings. The summed E-state index contributed by atoms with van der Waals surface area (Å²) in [5.41, 5.74) is -0.592. The Morgan fingerprint density at radius 2 is 1.92 bits per heavy atom. The molecule has 6 heteroatoms. The number of rotatable bonds is 5. The molecule has 1 aliphatic heterocycles. The average molecular weight is 361 g/mol. The Bertz CT molecular complexity index is 635. The van der Waals surface area contributed by atoms with Gasteiger partial charge in [-0.05, 0) is 39.8 Å². The smallest absolute Gasteiger partial charge is 0.410 e. The highest BCUT2D eigenvalue weighted by Crippen LogP contribution is 2.25. The number of carbonyl (C=O) groups is 2. The van der Waals surface area contributed by atoms with E-state index in [1.165, 1.54) is 6.08 Å². The van der Waals surface area contributed by atoms with Crippen LogP contribution >= 0.6 is 0 Å². The molecule has 1 amide bonds. The van der Waals surface area contributed by atoms with Gasteiger partial charge in [-0.25, -0.2) is 9.59 Å². The highest BCUT2D eigenvalue weighted by molar-refractivity contribution is 5.82. The summed E-state index contributed by atoms with van der Waals surface area (Å²) in [4.78, 5) is 25.7. The van der Waals surface area contributed by atoms with Crippen molar-refractivity contribution < 1.29 is 23.8 Å². The molecule has 0 saturated carbocycles. The van der Waals surface area contributed by atoms with Crippen LogP contribution in [-0.4, -0.2) is 47.9 Å². The zero-order chi connectivity index (χ0) is 19.2. The Kier molecular flexibility index (Phi) is 6.66. The highest BCUT2D eigenvalue weighted by Gasteiger charge is 2.37. The lowest BCUT2D eigenvalue weighted by Gasteiger charge is -2.27. The summed E-state index contributed by atoms with van der Waals surface area (Å²) in [5.74, 6) is 0.320. The number of para-hydroxylation sites is 1. The van der Waals surface area contributed by atoms with E-state index in [1.807, 2.05) is 51.1 Å². The molecule has 1 aromatic rings. The van der Waals surface area contributed by atoms with E-state index in [2.05, 4.69) is 0 Å². The van der Waals surface area contributed by atoms with Crippen molar-refractivity contribution in [3.05, 3.63) is 42.5 Å². The van der Waals surface area contributed by atoms with Crippen molar-refractivity contribution >= 4 is 12.1 Å². The van der Waals surface area contributed by atoms with Crippen molar-refractivity contribution in [2.45, 2.75) is 51.9 Å². The fraction of sp³-hybridized carbons (Fsp3) is 0.500. The first-order chi connectivity index (χ1) is 12.3. The molecular weight excluding hydrogens is 334 g/mol. The van der Waals surface area contributed by atoms with Gasteiger partial charge in [-0.3, -0.25) is 4.90 Å². The number of nitrogens with zero attached hydrogens (tertiary/aromatic N) is 1. The molecule has 1 aliphatic rings. The molecule has 0 aliphatic carbocycles. The number of amides is 1. The Morgan fingerprint density at radius 3 is 2.54 bits per heavy atom. The van der Waals surface area contributed by atoms with Crippen molar-refractivity contribution in [3.8, 4) is 5.75 Å². The lowest BCUT2D eigenvalue weighted by Crippen LogP contribution is -2.39. The first-order valence-electron chi connectivity index (χ1n) is 8.85. The quantitative estimate of drug-likeness (QED) is 0.593. The molecule has 26 heavy (non-hydrogen) atoms. The Labute approximate surface area is 154 Å². The molecule has 142 valence electrons. The van der Waals surface area contributed by atoms with Crippen molar-refractivity contribution in [2.75, 3.05) is 13.2 Å². The average Bonchev–Trinajstić information content (AvgIpc) is 2.95. The molecule has 0 radical (unpaired) electrons. The Balaban J connectivity index is 2.09. The fourth-order valence-corrected chi connectivity index (χ4v) is 2.70. The Hall–Kier alpha value is -2.50. The number of esters is 1. The highest BCUT2D eigenvalue weighted by atomic mass is 16.6. The van der Waals surface area contributed by atoms with Gasteiger partial charge >= 0.3 is 12.1 Å². The minimum Gasteiger partial charge on any atom is -0.488 e. The minimum atomic E-state index is -0.592. The number of carbonyl (C=O) groups excluding carboxylic acids is 2. The zero-order valence-corrected chi connectivity index (χ0v) is 15.8. The van der Waals surface area contributed by atoms with Crippen LogP contribution in [0.3, 0.4) is 0 Å². The second-order valence-corrected chi connectivity index (χ2v) is 7.10. The number of ether oxygens (including phenoxy) is 3. The van der Waals surface area contributed by atoms with Crippen molar-refractivity contribution in [1.29, 1.82) is 0 Å². The van der Waals surface area contributed by atoms with Gasteiger partial charge in [-0.2, -0.15) is 0 Å². The topological polar surface area (TPSA) is 65.1 Å². The maximum Gasteiger partial charge on any atom is 0.410 e. The van der Waals surface area contributed by atoms with E-state index in [0.29, 0.717) is 19.6 Å². The molecule has 0 unspecified atom stereocenters. The summed E-state index contributed by atoms with van der Waals surface area (Å²) in [6.45, 7) is 7.91. The fourth-order valence-electron chi connectivity index (χ4n) is 2.70. The third kappa shape index (κ3) is 6.10. The molecule has 6 nitrogen and oxygen atoms in total. The van der Waals surface area contributed by atoms with E-state index in [4.69, 9.17) is 14.2 Å². The van der Waals surface area contributed by atoms with E-state index < -0.39 is 17.7 Å². The van der Waals surface area contributed by atoms with Crippen molar-refractivity contribution in [2.24, 2.45) is 0 Å². The number of hydrogen-bond acceptors (Lipinski definition) is 5. The molecular formula is C20H27NO5. The van der Waals surface area contributed by atoms with E-state index in [-0.39, 0.29) is 12.1 Å². The van der Waals surface area contributed by atoms with Gasteiger partial charge in [0.05, 0.1) is 19.2 Å². The predicted molar refractivity (Wildman–Crippen MR) is 98.0 cm³/mol. The van der Waals surface area contributed by atoms with Gasteiger partial charge in [-0.1, -0.05) is 24.3 Å². The van der Waals surface area contributed by atoms with Gasteiger partial charge in [0.2, 0.25) is 0 Å². The van der Waals surface area contributed by atoms with Gasteiger partial charge < -0.3 is 14.2 Å². The van der Waals surface area contributed by atoms with Crippen LogP contribution < -0.4 is 4.74 Å². The summed E-state index contributed by atoms with van der Waals surface area (Å²) in [7, 11) is 0. The normalized spacial score (nSPS) is 20.2. The maximum atomic E-state index is 12.5. The van der Waals surface area contributed by atoms with Crippen molar-refractivity contribution in [1.82, 2.24) is 4.90 Å². The first kappa shape index (κ1) is 19.8.